The standard InChI is InChI=1S/C16H13ClINO4/c1-9-6-11(18)3-4-13(9)19-15(21)8-23-16(22)12-7-10(17)2-5-14(12)20/h2-7,20H,8H2,1H3,(H,19,21). The summed E-state index contributed by atoms with van der Waals surface area (Å²) in [7, 11) is 0. The van der Waals surface area contributed by atoms with Crippen LogP contribution in [0.5, 0.6) is 5.75 Å². The van der Waals surface area contributed by atoms with Gasteiger partial charge in [-0.25, -0.2) is 4.79 Å². The quantitative estimate of drug-likeness (QED) is 0.555. The van der Waals surface area contributed by atoms with E-state index in [0.29, 0.717) is 5.69 Å². The average molecular weight is 446 g/mol. The van der Waals surface area contributed by atoms with Crippen LogP contribution in [-0.4, -0.2) is 23.6 Å². The van der Waals surface area contributed by atoms with Crippen LogP contribution in [-0.2, 0) is 9.53 Å². The fourth-order valence-corrected chi connectivity index (χ4v) is 2.65. The number of esters is 1. The van der Waals surface area contributed by atoms with Gasteiger partial charge < -0.3 is 15.2 Å². The summed E-state index contributed by atoms with van der Waals surface area (Å²) in [5.41, 5.74) is 1.47. The first-order valence-electron chi connectivity index (χ1n) is 6.58. The van der Waals surface area contributed by atoms with Crippen LogP contribution in [0.25, 0.3) is 0 Å². The Balaban J connectivity index is 1.96. The van der Waals surface area contributed by atoms with Crippen LogP contribution in [0.1, 0.15) is 15.9 Å². The number of halogens is 2. The second-order valence-electron chi connectivity index (χ2n) is 4.75. The predicted molar refractivity (Wildman–Crippen MR) is 95.9 cm³/mol. The Labute approximate surface area is 151 Å². The molecule has 120 valence electrons. The number of hydrogen-bond donors (Lipinski definition) is 2. The SMILES string of the molecule is Cc1cc(I)ccc1NC(=O)COC(=O)c1cc(Cl)ccc1O. The molecule has 1 amide bonds. The van der Waals surface area contributed by atoms with Gasteiger partial charge >= 0.3 is 5.97 Å². The molecule has 0 bridgehead atoms. The molecule has 0 radical (unpaired) electrons. The fraction of sp³-hybridized carbons (Fsp3) is 0.125. The summed E-state index contributed by atoms with van der Waals surface area (Å²) in [4.78, 5) is 23.7. The second kappa shape index (κ2) is 7.65. The number of aryl methyl sites for hydroxylation is 1. The van der Waals surface area contributed by atoms with Gasteiger partial charge in [0.15, 0.2) is 6.61 Å². The van der Waals surface area contributed by atoms with Gasteiger partial charge in [-0.1, -0.05) is 11.6 Å². The molecule has 0 saturated carbocycles. The number of hydrogen-bond acceptors (Lipinski definition) is 4. The number of ether oxygens (including phenoxy) is 1. The van der Waals surface area contributed by atoms with Crippen molar-refractivity contribution in [3.8, 4) is 5.75 Å². The molecule has 0 atom stereocenters. The largest absolute Gasteiger partial charge is 0.507 e. The van der Waals surface area contributed by atoms with Crippen LogP contribution in [0.3, 0.4) is 0 Å². The smallest absolute Gasteiger partial charge is 0.342 e. The van der Waals surface area contributed by atoms with Crippen LogP contribution < -0.4 is 5.32 Å². The summed E-state index contributed by atoms with van der Waals surface area (Å²) in [6.45, 7) is 1.41. The maximum absolute atomic E-state index is 11.9. The van der Waals surface area contributed by atoms with E-state index >= 15 is 0 Å². The molecule has 0 spiro atoms. The van der Waals surface area contributed by atoms with E-state index in [0.717, 1.165) is 9.13 Å². The number of phenolic OH excluding ortho intramolecular Hbond substituents is 1. The van der Waals surface area contributed by atoms with Gasteiger partial charge in [0.1, 0.15) is 11.3 Å². The minimum Gasteiger partial charge on any atom is -0.507 e. The summed E-state index contributed by atoms with van der Waals surface area (Å²) in [6.07, 6.45) is 0. The topological polar surface area (TPSA) is 75.6 Å². The van der Waals surface area contributed by atoms with Gasteiger partial charge in [0.25, 0.3) is 5.91 Å². The van der Waals surface area contributed by atoms with Crippen molar-refractivity contribution in [1.82, 2.24) is 0 Å². The lowest BCUT2D eigenvalue weighted by molar-refractivity contribution is -0.119. The van der Waals surface area contributed by atoms with Crippen LogP contribution in [0.2, 0.25) is 5.02 Å². The summed E-state index contributed by atoms with van der Waals surface area (Å²) in [6, 6.07) is 9.57. The van der Waals surface area contributed by atoms with E-state index in [1.165, 1.54) is 18.2 Å². The normalized spacial score (nSPS) is 10.2. The fourth-order valence-electron chi connectivity index (χ4n) is 1.83. The third-order valence-electron chi connectivity index (χ3n) is 2.98. The van der Waals surface area contributed by atoms with E-state index in [-0.39, 0.29) is 16.3 Å². The highest BCUT2D eigenvalue weighted by atomic mass is 127. The molecule has 2 aromatic rings. The van der Waals surface area contributed by atoms with Crippen LogP contribution in [0.4, 0.5) is 5.69 Å². The lowest BCUT2D eigenvalue weighted by Crippen LogP contribution is -2.21. The van der Waals surface area contributed by atoms with Crippen molar-refractivity contribution < 1.29 is 19.4 Å². The minimum absolute atomic E-state index is 0.0873. The Hall–Kier alpha value is -1.80. The molecule has 0 aromatic heterocycles. The molecule has 0 aliphatic heterocycles. The number of rotatable bonds is 4. The summed E-state index contributed by atoms with van der Waals surface area (Å²) >= 11 is 7.94. The molecule has 2 N–H and O–H groups in total. The lowest BCUT2D eigenvalue weighted by atomic mass is 10.2. The molecule has 0 unspecified atom stereocenters. The highest BCUT2D eigenvalue weighted by Crippen LogP contribution is 2.22. The maximum Gasteiger partial charge on any atom is 0.342 e. The molecule has 7 heteroatoms. The van der Waals surface area contributed by atoms with E-state index in [9.17, 15) is 14.7 Å². The zero-order valence-corrected chi connectivity index (χ0v) is 15.0. The van der Waals surface area contributed by atoms with Crippen molar-refractivity contribution in [3.05, 3.63) is 56.1 Å². The Bertz CT molecular complexity index is 764. The Morgan fingerprint density at radius 1 is 1.26 bits per heavy atom. The number of carbonyl (C=O) groups excluding carboxylic acids is 2. The van der Waals surface area contributed by atoms with Crippen LogP contribution >= 0.6 is 34.2 Å². The Morgan fingerprint density at radius 3 is 2.70 bits per heavy atom. The van der Waals surface area contributed by atoms with Gasteiger partial charge in [-0.05, 0) is 71.5 Å². The second-order valence-corrected chi connectivity index (χ2v) is 6.43. The Morgan fingerprint density at radius 2 is 2.00 bits per heavy atom. The predicted octanol–water partition coefficient (Wildman–Crippen LogP) is 3.75. The summed E-state index contributed by atoms with van der Waals surface area (Å²) < 4.78 is 5.95. The van der Waals surface area contributed by atoms with Crippen molar-refractivity contribution in [2.75, 3.05) is 11.9 Å². The molecular weight excluding hydrogens is 433 g/mol. The Kier molecular flexibility index (Phi) is 5.84. The van der Waals surface area contributed by atoms with E-state index in [4.69, 9.17) is 16.3 Å². The minimum atomic E-state index is -0.820. The first kappa shape index (κ1) is 17.6. The zero-order chi connectivity index (χ0) is 17.0. The van der Waals surface area contributed by atoms with Gasteiger partial charge in [-0.2, -0.15) is 0 Å². The average Bonchev–Trinajstić information content (AvgIpc) is 2.50. The first-order chi connectivity index (χ1) is 10.9. The molecule has 0 saturated heterocycles. The van der Waals surface area contributed by atoms with E-state index in [2.05, 4.69) is 27.9 Å². The van der Waals surface area contributed by atoms with Crippen LogP contribution in [0, 0.1) is 10.5 Å². The highest BCUT2D eigenvalue weighted by molar-refractivity contribution is 14.1. The molecule has 0 heterocycles. The molecule has 23 heavy (non-hydrogen) atoms. The van der Waals surface area contributed by atoms with Crippen molar-refractivity contribution in [2.24, 2.45) is 0 Å². The molecule has 0 aliphatic rings. The van der Waals surface area contributed by atoms with Gasteiger partial charge in [0.2, 0.25) is 0 Å². The third-order valence-corrected chi connectivity index (χ3v) is 3.88. The summed E-state index contributed by atoms with van der Waals surface area (Å²) in [5, 5.41) is 12.6. The van der Waals surface area contributed by atoms with Crippen LogP contribution in [0.15, 0.2) is 36.4 Å². The molecule has 2 aromatic carbocycles. The number of nitrogens with one attached hydrogen (secondary N) is 1. The van der Waals surface area contributed by atoms with E-state index in [1.54, 1.807) is 6.07 Å². The van der Waals surface area contributed by atoms with Gasteiger partial charge in [0, 0.05) is 14.3 Å². The monoisotopic (exact) mass is 445 g/mol. The van der Waals surface area contributed by atoms with Crippen molar-refractivity contribution >= 4 is 51.8 Å². The summed E-state index contributed by atoms with van der Waals surface area (Å²) in [5.74, 6) is -1.54. The maximum atomic E-state index is 11.9. The first-order valence-corrected chi connectivity index (χ1v) is 8.04. The number of carbonyl (C=O) groups is 2. The van der Waals surface area contributed by atoms with Crippen molar-refractivity contribution in [2.45, 2.75) is 6.92 Å². The zero-order valence-electron chi connectivity index (χ0n) is 12.1. The highest BCUT2D eigenvalue weighted by Gasteiger charge is 2.15. The van der Waals surface area contributed by atoms with E-state index < -0.39 is 18.5 Å². The van der Waals surface area contributed by atoms with Crippen molar-refractivity contribution in [1.29, 1.82) is 0 Å². The number of amides is 1. The number of benzene rings is 2. The van der Waals surface area contributed by atoms with E-state index in [1.807, 2.05) is 19.1 Å². The number of aromatic hydroxyl groups is 1. The molecule has 2 rings (SSSR count). The van der Waals surface area contributed by atoms with Gasteiger partial charge in [-0.15, -0.1) is 0 Å². The third kappa shape index (κ3) is 4.84. The van der Waals surface area contributed by atoms with Gasteiger partial charge in [0.05, 0.1) is 0 Å². The molecular formula is C16H13ClINO4. The lowest BCUT2D eigenvalue weighted by Gasteiger charge is -2.10. The number of phenols is 1. The van der Waals surface area contributed by atoms with Gasteiger partial charge in [-0.3, -0.25) is 4.79 Å². The molecule has 5 nitrogen and oxygen atoms in total. The van der Waals surface area contributed by atoms with Crippen molar-refractivity contribution in [3.63, 3.8) is 0 Å². The molecule has 0 aliphatic carbocycles. The molecule has 0 fully saturated rings. The number of anilines is 1.